The van der Waals surface area contributed by atoms with Crippen LogP contribution in [0.4, 0.5) is 0 Å². The Morgan fingerprint density at radius 2 is 2.06 bits per heavy atom. The molecule has 1 aromatic rings. The predicted octanol–water partition coefficient (Wildman–Crippen LogP) is 1.33. The number of nitrogens with one attached hydrogen (secondary N) is 1. The van der Waals surface area contributed by atoms with Gasteiger partial charge in [-0.25, -0.2) is 13.1 Å². The summed E-state index contributed by atoms with van der Waals surface area (Å²) in [4.78, 5) is 0. The molecule has 5 nitrogen and oxygen atoms in total. The molecule has 1 atom stereocenters. The van der Waals surface area contributed by atoms with Crippen LogP contribution in [0.25, 0.3) is 0 Å². The molecule has 0 aliphatic heterocycles. The van der Waals surface area contributed by atoms with Crippen LogP contribution in [0.5, 0.6) is 0 Å². The van der Waals surface area contributed by atoms with Crippen LogP contribution in [0.15, 0.2) is 12.4 Å². The molecule has 1 rings (SSSR count). The van der Waals surface area contributed by atoms with Crippen molar-refractivity contribution in [2.75, 3.05) is 12.3 Å². The first-order valence-electron chi connectivity index (χ1n) is 5.78. The highest BCUT2D eigenvalue weighted by molar-refractivity contribution is 7.89. The molecule has 0 bridgehead atoms. The van der Waals surface area contributed by atoms with Crippen LogP contribution >= 0.6 is 0 Å². The molecule has 98 valence electrons. The second kappa shape index (κ2) is 5.64. The largest absolute Gasteiger partial charge is 0.268 e. The van der Waals surface area contributed by atoms with Crippen molar-refractivity contribution in [2.45, 2.75) is 33.7 Å². The summed E-state index contributed by atoms with van der Waals surface area (Å²) in [5.74, 6) is 0.299. The molecular formula is C11H21N3O2S. The average molecular weight is 259 g/mol. The van der Waals surface area contributed by atoms with Gasteiger partial charge in [0, 0.05) is 12.7 Å². The van der Waals surface area contributed by atoms with Crippen molar-refractivity contribution in [3.63, 3.8) is 0 Å². The van der Waals surface area contributed by atoms with E-state index >= 15 is 0 Å². The molecule has 1 heterocycles. The van der Waals surface area contributed by atoms with Crippen LogP contribution < -0.4 is 4.72 Å². The van der Waals surface area contributed by atoms with Crippen LogP contribution in [-0.2, 0) is 10.0 Å². The summed E-state index contributed by atoms with van der Waals surface area (Å²) >= 11 is 0. The minimum Gasteiger partial charge on any atom is -0.268 e. The number of nitrogens with zero attached hydrogens (tertiary/aromatic N) is 2. The lowest BCUT2D eigenvalue weighted by Crippen LogP contribution is -2.33. The lowest BCUT2D eigenvalue weighted by molar-refractivity contribution is 0.477. The van der Waals surface area contributed by atoms with Crippen LogP contribution in [0.3, 0.4) is 0 Å². The summed E-state index contributed by atoms with van der Waals surface area (Å²) in [6.45, 7) is 8.04. The van der Waals surface area contributed by atoms with Gasteiger partial charge in [-0.3, -0.25) is 4.68 Å². The zero-order valence-corrected chi connectivity index (χ0v) is 11.7. The zero-order valence-electron chi connectivity index (χ0n) is 10.8. The van der Waals surface area contributed by atoms with E-state index in [2.05, 4.69) is 9.82 Å². The molecule has 0 aliphatic carbocycles. The number of rotatable bonds is 6. The number of aromatic nitrogens is 2. The van der Waals surface area contributed by atoms with Crippen molar-refractivity contribution in [3.8, 4) is 0 Å². The Morgan fingerprint density at radius 1 is 1.41 bits per heavy atom. The lowest BCUT2D eigenvalue weighted by atomic mass is 10.3. The van der Waals surface area contributed by atoms with E-state index in [0.717, 1.165) is 5.56 Å². The summed E-state index contributed by atoms with van der Waals surface area (Å²) < 4.78 is 27.7. The summed E-state index contributed by atoms with van der Waals surface area (Å²) in [5, 5.41) is 4.16. The van der Waals surface area contributed by atoms with Gasteiger partial charge in [0.2, 0.25) is 10.0 Å². The third-order valence-electron chi connectivity index (χ3n) is 2.33. The first-order valence-corrected chi connectivity index (χ1v) is 7.43. The van der Waals surface area contributed by atoms with Crippen molar-refractivity contribution in [1.29, 1.82) is 0 Å². The highest BCUT2D eigenvalue weighted by Gasteiger charge is 2.14. The standard InChI is InChI=1S/C11H21N3O2S/c1-9(2)8-17(15,16)13-6-11(4)14-7-10(3)5-12-14/h5,7,9,11,13H,6,8H2,1-4H3. The van der Waals surface area contributed by atoms with Crippen molar-refractivity contribution >= 4 is 10.0 Å². The third-order valence-corrected chi connectivity index (χ3v) is 4.05. The number of hydrogen-bond donors (Lipinski definition) is 1. The minimum atomic E-state index is -3.17. The van der Waals surface area contributed by atoms with Crippen LogP contribution in [0.2, 0.25) is 0 Å². The molecule has 1 N–H and O–H groups in total. The Labute approximate surface area is 103 Å². The maximum atomic E-state index is 11.6. The first-order chi connectivity index (χ1) is 7.80. The predicted molar refractivity (Wildman–Crippen MR) is 68.3 cm³/mol. The molecule has 0 saturated carbocycles. The van der Waals surface area contributed by atoms with Crippen molar-refractivity contribution < 1.29 is 8.42 Å². The molecule has 0 aliphatic rings. The number of sulfonamides is 1. The van der Waals surface area contributed by atoms with E-state index in [9.17, 15) is 8.42 Å². The van der Waals surface area contributed by atoms with E-state index in [0.29, 0.717) is 6.54 Å². The molecule has 6 heteroatoms. The maximum absolute atomic E-state index is 11.6. The van der Waals surface area contributed by atoms with Gasteiger partial charge < -0.3 is 0 Å². The second-order valence-electron chi connectivity index (χ2n) is 4.87. The van der Waals surface area contributed by atoms with E-state index in [4.69, 9.17) is 0 Å². The maximum Gasteiger partial charge on any atom is 0.211 e. The molecule has 17 heavy (non-hydrogen) atoms. The second-order valence-corrected chi connectivity index (χ2v) is 6.72. The lowest BCUT2D eigenvalue weighted by Gasteiger charge is -2.14. The summed E-state index contributed by atoms with van der Waals surface area (Å²) in [6.07, 6.45) is 3.67. The molecular weight excluding hydrogens is 238 g/mol. The quantitative estimate of drug-likeness (QED) is 0.838. The smallest absolute Gasteiger partial charge is 0.211 e. The summed E-state index contributed by atoms with van der Waals surface area (Å²) in [7, 11) is -3.17. The van der Waals surface area contributed by atoms with Crippen LogP contribution in [0.1, 0.15) is 32.4 Å². The zero-order chi connectivity index (χ0) is 13.1. The number of hydrogen-bond acceptors (Lipinski definition) is 3. The van der Waals surface area contributed by atoms with Crippen molar-refractivity contribution in [1.82, 2.24) is 14.5 Å². The first kappa shape index (κ1) is 14.2. The fraction of sp³-hybridized carbons (Fsp3) is 0.727. The van der Waals surface area contributed by atoms with E-state index in [-0.39, 0.29) is 17.7 Å². The monoisotopic (exact) mass is 259 g/mol. The summed E-state index contributed by atoms with van der Waals surface area (Å²) in [5.41, 5.74) is 1.07. The van der Waals surface area contributed by atoms with Gasteiger partial charge in [-0.1, -0.05) is 13.8 Å². The molecule has 0 saturated heterocycles. The fourth-order valence-electron chi connectivity index (χ4n) is 1.51. The van der Waals surface area contributed by atoms with Gasteiger partial charge in [-0.2, -0.15) is 5.10 Å². The Bertz CT molecular complexity index is 451. The van der Waals surface area contributed by atoms with Gasteiger partial charge in [0.1, 0.15) is 0 Å². The Kier molecular flexibility index (Phi) is 4.70. The van der Waals surface area contributed by atoms with E-state index < -0.39 is 10.0 Å². The van der Waals surface area contributed by atoms with Gasteiger partial charge >= 0.3 is 0 Å². The summed E-state index contributed by atoms with van der Waals surface area (Å²) in [6, 6.07) is 0.0191. The SMILES string of the molecule is Cc1cnn(C(C)CNS(=O)(=O)CC(C)C)c1. The van der Waals surface area contributed by atoms with Crippen LogP contribution in [0, 0.1) is 12.8 Å². The van der Waals surface area contributed by atoms with E-state index in [1.54, 1.807) is 10.9 Å². The number of aryl methyl sites for hydroxylation is 1. The van der Waals surface area contributed by atoms with Gasteiger partial charge in [-0.05, 0) is 25.3 Å². The molecule has 1 aromatic heterocycles. The van der Waals surface area contributed by atoms with Gasteiger partial charge in [0.15, 0.2) is 0 Å². The van der Waals surface area contributed by atoms with Gasteiger partial charge in [0.25, 0.3) is 0 Å². The van der Waals surface area contributed by atoms with E-state index in [1.165, 1.54) is 0 Å². The van der Waals surface area contributed by atoms with E-state index in [1.807, 2.05) is 33.9 Å². The molecule has 0 amide bonds. The molecule has 0 radical (unpaired) electrons. The fourth-order valence-corrected chi connectivity index (χ4v) is 3.00. The third kappa shape index (κ3) is 4.87. The normalized spacial score (nSPS) is 14.2. The molecule has 0 spiro atoms. The van der Waals surface area contributed by atoms with Gasteiger partial charge in [0.05, 0.1) is 18.0 Å². The van der Waals surface area contributed by atoms with Gasteiger partial charge in [-0.15, -0.1) is 0 Å². The van der Waals surface area contributed by atoms with Crippen molar-refractivity contribution in [2.24, 2.45) is 5.92 Å². The molecule has 0 fully saturated rings. The Hall–Kier alpha value is -0.880. The molecule has 0 aromatic carbocycles. The minimum absolute atomic E-state index is 0.0191. The average Bonchev–Trinajstić information content (AvgIpc) is 2.59. The Balaban J connectivity index is 2.51. The highest BCUT2D eigenvalue weighted by atomic mass is 32.2. The van der Waals surface area contributed by atoms with Crippen LogP contribution in [-0.4, -0.2) is 30.5 Å². The highest BCUT2D eigenvalue weighted by Crippen LogP contribution is 2.06. The van der Waals surface area contributed by atoms with Crippen molar-refractivity contribution in [3.05, 3.63) is 18.0 Å². The molecule has 1 unspecified atom stereocenters. The Morgan fingerprint density at radius 3 is 2.53 bits per heavy atom. The topological polar surface area (TPSA) is 64.0 Å².